The summed E-state index contributed by atoms with van der Waals surface area (Å²) in [4.78, 5) is 72.6. The van der Waals surface area contributed by atoms with E-state index in [-0.39, 0.29) is 25.7 Å². The van der Waals surface area contributed by atoms with Crippen LogP contribution in [0.2, 0.25) is 0 Å². The van der Waals surface area contributed by atoms with Crippen LogP contribution in [0.1, 0.15) is 331 Å². The zero-order valence-corrected chi connectivity index (χ0v) is 59.9. The number of ether oxygens (including phenoxy) is 4. The van der Waals surface area contributed by atoms with E-state index < -0.39 is 97.5 Å². The molecular weight excluding hydrogens is 1190 g/mol. The van der Waals surface area contributed by atoms with Crippen molar-refractivity contribution in [1.29, 1.82) is 0 Å². The fourth-order valence-electron chi connectivity index (χ4n) is 10.1. The molecule has 6 atom stereocenters. The van der Waals surface area contributed by atoms with Gasteiger partial charge < -0.3 is 33.8 Å². The van der Waals surface area contributed by atoms with Gasteiger partial charge in [-0.05, 0) is 69.1 Å². The number of hydrogen-bond donors (Lipinski definition) is 3. The predicted octanol–water partition coefficient (Wildman–Crippen LogP) is 19.8. The fourth-order valence-corrected chi connectivity index (χ4v) is 11.7. The van der Waals surface area contributed by atoms with Crippen molar-refractivity contribution in [2.75, 3.05) is 39.6 Å². The van der Waals surface area contributed by atoms with E-state index in [1.807, 2.05) is 0 Å². The van der Waals surface area contributed by atoms with Crippen molar-refractivity contribution in [3.05, 3.63) is 24.3 Å². The Balaban J connectivity index is 5.31. The van der Waals surface area contributed by atoms with E-state index in [0.29, 0.717) is 25.7 Å². The van der Waals surface area contributed by atoms with Gasteiger partial charge in [0.25, 0.3) is 0 Å². The maximum atomic E-state index is 13.0. The number of allylic oxidation sites excluding steroid dienone is 4. The van der Waals surface area contributed by atoms with Crippen LogP contribution in [0, 0.1) is 17.8 Å². The summed E-state index contributed by atoms with van der Waals surface area (Å²) in [5.41, 5.74) is 0. The van der Waals surface area contributed by atoms with Crippen molar-refractivity contribution in [3.8, 4) is 0 Å². The molecule has 0 spiro atoms. The smallest absolute Gasteiger partial charge is 0.462 e. The zero-order valence-electron chi connectivity index (χ0n) is 58.1. The molecule has 0 aromatic rings. The molecule has 0 bridgehead atoms. The Morgan fingerprint density at radius 2 is 0.656 bits per heavy atom. The van der Waals surface area contributed by atoms with Gasteiger partial charge in [0, 0.05) is 25.7 Å². The van der Waals surface area contributed by atoms with Crippen molar-refractivity contribution in [3.63, 3.8) is 0 Å². The van der Waals surface area contributed by atoms with E-state index in [2.05, 4.69) is 72.8 Å². The lowest BCUT2D eigenvalue weighted by atomic mass is 9.99. The first kappa shape index (κ1) is 87.5. The number of unbranched alkanes of at least 4 members (excludes halogenated alkanes) is 31. The summed E-state index contributed by atoms with van der Waals surface area (Å²) in [6, 6.07) is 0. The maximum Gasteiger partial charge on any atom is 0.472 e. The van der Waals surface area contributed by atoms with Crippen LogP contribution in [0.5, 0.6) is 0 Å². The molecule has 0 aromatic heterocycles. The first-order valence-electron chi connectivity index (χ1n) is 36.2. The summed E-state index contributed by atoms with van der Waals surface area (Å²) in [6.07, 6.45) is 48.0. The Labute approximate surface area is 548 Å². The molecule has 0 saturated carbocycles. The third-order valence-corrected chi connectivity index (χ3v) is 18.0. The van der Waals surface area contributed by atoms with Crippen molar-refractivity contribution >= 4 is 39.5 Å². The van der Waals surface area contributed by atoms with E-state index in [1.54, 1.807) is 0 Å². The first-order chi connectivity index (χ1) is 43.3. The minimum atomic E-state index is -4.96. The molecule has 0 aliphatic rings. The van der Waals surface area contributed by atoms with Gasteiger partial charge in [-0.1, -0.05) is 278 Å². The van der Waals surface area contributed by atoms with E-state index in [9.17, 15) is 43.2 Å². The Kier molecular flexibility index (Phi) is 59.7. The van der Waals surface area contributed by atoms with Crippen LogP contribution in [0.15, 0.2) is 24.3 Å². The number of carbonyl (C=O) groups is 4. The number of rotatable bonds is 67. The molecule has 0 radical (unpaired) electrons. The summed E-state index contributed by atoms with van der Waals surface area (Å²) in [6.45, 7) is 11.7. The van der Waals surface area contributed by atoms with Crippen molar-refractivity contribution in [1.82, 2.24) is 0 Å². The molecule has 4 unspecified atom stereocenters. The first-order valence-corrected chi connectivity index (χ1v) is 39.2. The maximum absolute atomic E-state index is 13.0. The lowest BCUT2D eigenvalue weighted by Gasteiger charge is -2.21. The second-order valence-electron chi connectivity index (χ2n) is 26.1. The number of carbonyl (C=O) groups excluding carboxylic acids is 4. The number of aliphatic hydroxyl groups is 1. The molecule has 0 heterocycles. The fraction of sp³-hybridized carbons (Fsp3) is 0.887. The molecule has 0 saturated heterocycles. The monoisotopic (exact) mass is 1320 g/mol. The SMILES string of the molecule is CCCCCC/C=C\C=C/CCCCCCCC(=O)O[C@H](COC(=O)CCCCCCCCCCCC(C)C)COP(=O)(O)OCC(O)COP(=O)(O)OC[C@@H](COC(=O)CCCCCCCCCCC(C)C)OC(=O)CCCCCCCCCCC(C)CC. The molecule has 0 aromatic carbocycles. The largest absolute Gasteiger partial charge is 0.472 e. The van der Waals surface area contributed by atoms with Crippen molar-refractivity contribution < 1.29 is 80.2 Å². The highest BCUT2D eigenvalue weighted by atomic mass is 31.2. The number of aliphatic hydroxyl groups excluding tert-OH is 1. The standard InChI is InChI=1S/C71H134O17P2/c1-8-10-11-12-13-14-15-16-17-18-19-22-33-40-47-54-70(75)87-66(58-81-68(73)52-45-38-31-23-20-21-28-35-42-49-62(3)4)60-85-89(77,78)83-56-65(72)57-84-90(79,80)86-61-67(59-82-69(74)53-46-39-32-26-24-29-36-43-50-63(5)6)88-71(76)55-48-41-34-27-25-30-37-44-51-64(7)9-2/h14-17,62-67,72H,8-13,18-61H2,1-7H3,(H,77,78)(H,79,80)/b15-14-,17-16-/t64?,65?,66-,67-/m1/s1. The van der Waals surface area contributed by atoms with Crippen LogP contribution < -0.4 is 0 Å². The second kappa shape index (κ2) is 61.4. The number of phosphoric acid groups is 2. The highest BCUT2D eigenvalue weighted by molar-refractivity contribution is 7.47. The third kappa shape index (κ3) is 63.0. The van der Waals surface area contributed by atoms with Gasteiger partial charge in [0.05, 0.1) is 26.4 Å². The van der Waals surface area contributed by atoms with Crippen LogP contribution in [0.3, 0.4) is 0 Å². The van der Waals surface area contributed by atoms with E-state index in [0.717, 1.165) is 120 Å². The van der Waals surface area contributed by atoms with Gasteiger partial charge in [-0.3, -0.25) is 37.3 Å². The summed E-state index contributed by atoms with van der Waals surface area (Å²) in [5, 5.41) is 10.6. The Hall–Kier alpha value is -2.46. The number of phosphoric ester groups is 2. The average Bonchev–Trinajstić information content (AvgIpc) is 3.23. The molecule has 0 aliphatic heterocycles. The highest BCUT2D eigenvalue weighted by Gasteiger charge is 2.30. The molecule has 0 rings (SSSR count). The lowest BCUT2D eigenvalue weighted by Crippen LogP contribution is -2.30. The summed E-state index contributed by atoms with van der Waals surface area (Å²) >= 11 is 0. The molecular formula is C71H134O17P2. The van der Waals surface area contributed by atoms with Gasteiger partial charge >= 0.3 is 39.5 Å². The lowest BCUT2D eigenvalue weighted by molar-refractivity contribution is -0.161. The average molecular weight is 1320 g/mol. The normalized spacial score (nSPS) is 14.7. The van der Waals surface area contributed by atoms with Crippen LogP contribution in [-0.4, -0.2) is 96.7 Å². The Morgan fingerprint density at radius 1 is 0.367 bits per heavy atom. The van der Waals surface area contributed by atoms with E-state index in [4.69, 9.17) is 37.0 Å². The van der Waals surface area contributed by atoms with Gasteiger partial charge in [-0.25, -0.2) is 9.13 Å². The molecule has 0 aliphatic carbocycles. The number of hydrogen-bond acceptors (Lipinski definition) is 15. The second-order valence-corrected chi connectivity index (χ2v) is 29.0. The Bertz CT molecular complexity index is 1860. The topological polar surface area (TPSA) is 237 Å². The van der Waals surface area contributed by atoms with Crippen molar-refractivity contribution in [2.45, 2.75) is 349 Å². The summed E-state index contributed by atoms with van der Waals surface area (Å²) in [5.74, 6) is 0.0758. The van der Waals surface area contributed by atoms with Gasteiger partial charge in [0.15, 0.2) is 12.2 Å². The van der Waals surface area contributed by atoms with Crippen LogP contribution in [-0.2, 0) is 65.4 Å². The molecule has 19 heteroatoms. The molecule has 17 nitrogen and oxygen atoms in total. The Morgan fingerprint density at radius 3 is 0.989 bits per heavy atom. The van der Waals surface area contributed by atoms with Crippen LogP contribution in [0.25, 0.3) is 0 Å². The quantitative estimate of drug-likeness (QED) is 0.0169. The predicted molar refractivity (Wildman–Crippen MR) is 363 cm³/mol. The molecule has 0 fully saturated rings. The van der Waals surface area contributed by atoms with Crippen LogP contribution in [0.4, 0.5) is 0 Å². The van der Waals surface area contributed by atoms with E-state index >= 15 is 0 Å². The van der Waals surface area contributed by atoms with Crippen LogP contribution >= 0.6 is 15.6 Å². The third-order valence-electron chi connectivity index (χ3n) is 16.1. The highest BCUT2D eigenvalue weighted by Crippen LogP contribution is 2.45. The summed E-state index contributed by atoms with van der Waals surface area (Å²) in [7, 11) is -9.92. The molecule has 90 heavy (non-hydrogen) atoms. The minimum Gasteiger partial charge on any atom is -0.462 e. The molecule has 530 valence electrons. The van der Waals surface area contributed by atoms with Crippen molar-refractivity contribution in [2.24, 2.45) is 17.8 Å². The van der Waals surface area contributed by atoms with E-state index in [1.165, 1.54) is 128 Å². The van der Waals surface area contributed by atoms with Gasteiger partial charge in [-0.2, -0.15) is 0 Å². The van der Waals surface area contributed by atoms with Gasteiger partial charge in [0.2, 0.25) is 0 Å². The zero-order chi connectivity index (χ0) is 66.6. The number of esters is 4. The molecule has 3 N–H and O–H groups in total. The summed E-state index contributed by atoms with van der Waals surface area (Å²) < 4.78 is 68.3. The minimum absolute atomic E-state index is 0.0841. The van der Waals surface area contributed by atoms with Gasteiger partial charge in [-0.15, -0.1) is 0 Å². The van der Waals surface area contributed by atoms with Gasteiger partial charge in [0.1, 0.15) is 19.3 Å². The molecule has 0 amide bonds.